The van der Waals surface area contributed by atoms with Gasteiger partial charge in [-0.3, -0.25) is 14.4 Å². The fourth-order valence-corrected chi connectivity index (χ4v) is 6.98. The van der Waals surface area contributed by atoms with Gasteiger partial charge < -0.3 is 57.7 Å². The minimum atomic E-state index is -0.604. The molecular weight excluding hydrogens is 714 g/mol. The Balaban J connectivity index is 0.000000184. The van der Waals surface area contributed by atoms with E-state index in [1.165, 1.54) is 5.57 Å². The first-order valence-corrected chi connectivity index (χ1v) is 20.3. The average molecular weight is 784 g/mol. The third kappa shape index (κ3) is 16.3. The topological polar surface area (TPSA) is 155 Å². The molecule has 0 aromatic rings. The van der Waals surface area contributed by atoms with Gasteiger partial charge in [-0.2, -0.15) is 0 Å². The molecule has 3 amide bonds. The van der Waals surface area contributed by atoms with E-state index in [9.17, 15) is 19.5 Å². The van der Waals surface area contributed by atoms with E-state index in [-0.39, 0.29) is 42.1 Å². The second-order valence-electron chi connectivity index (χ2n) is 15.5. The van der Waals surface area contributed by atoms with Crippen molar-refractivity contribution >= 4 is 17.7 Å². The van der Waals surface area contributed by atoms with Crippen molar-refractivity contribution in [3.8, 4) is 0 Å². The van der Waals surface area contributed by atoms with Crippen molar-refractivity contribution in [2.75, 3.05) is 107 Å². The van der Waals surface area contributed by atoms with E-state index in [2.05, 4.69) is 6.58 Å². The maximum Gasteiger partial charge on any atom is 0.224 e. The summed E-state index contributed by atoms with van der Waals surface area (Å²) in [5.74, 6) is 0.0734. The van der Waals surface area contributed by atoms with Crippen LogP contribution in [0.2, 0.25) is 0 Å². The van der Waals surface area contributed by atoms with Crippen LogP contribution in [-0.2, 0) is 52.3 Å². The lowest BCUT2D eigenvalue weighted by molar-refractivity contribution is -0.187. The minimum absolute atomic E-state index is 0.122. The molecule has 6 rings (SSSR count). The van der Waals surface area contributed by atoms with Crippen LogP contribution in [0.25, 0.3) is 0 Å². The monoisotopic (exact) mass is 783 g/mol. The Morgan fingerprint density at radius 3 is 1.58 bits per heavy atom. The molecule has 1 N–H and O–H groups in total. The quantitative estimate of drug-likeness (QED) is 0.171. The normalized spacial score (nSPS) is 26.5. The highest BCUT2D eigenvalue weighted by Crippen LogP contribution is 2.32. The van der Waals surface area contributed by atoms with Gasteiger partial charge in [0.15, 0.2) is 5.79 Å². The summed E-state index contributed by atoms with van der Waals surface area (Å²) >= 11 is 0. The van der Waals surface area contributed by atoms with Gasteiger partial charge in [-0.1, -0.05) is 12.2 Å². The second-order valence-corrected chi connectivity index (χ2v) is 15.5. The lowest BCUT2D eigenvalue weighted by atomic mass is 9.94. The molecule has 4 unspecified atom stereocenters. The fourth-order valence-electron chi connectivity index (χ4n) is 6.98. The number of nitrogens with zero attached hydrogens (tertiary/aromatic N) is 3. The lowest BCUT2D eigenvalue weighted by Crippen LogP contribution is -2.47. The second kappa shape index (κ2) is 23.3. The Hall–Kier alpha value is -2.21. The van der Waals surface area contributed by atoms with Gasteiger partial charge >= 0.3 is 0 Å². The molecule has 2 aliphatic carbocycles. The van der Waals surface area contributed by atoms with Gasteiger partial charge in [0.2, 0.25) is 17.7 Å². The molecule has 2 saturated carbocycles. The maximum absolute atomic E-state index is 12.1. The number of aliphatic hydroxyl groups is 1. The van der Waals surface area contributed by atoms with Gasteiger partial charge in [0, 0.05) is 99.5 Å². The standard InChI is InChI=1S/C14H23NO5.C13H25NO4.C13H21NO3/c1-17-11-10-12(11)18-7-2-13(16)15-5-3-14(4-6-15)19-8-9-20-14;1-13(16)5-7-14(8-6-13)12(15)4-11-18-10-3-9-17-2;1-10-3-6-14(7-4-10)13(15)5-8-17-12-9-11(12)16-2/h11-12H,2-10H2,1H3;16H,3-11H2,1-2H3;11-12H,1,3-9H2,2H3. The minimum Gasteiger partial charge on any atom is -0.390 e. The molecule has 15 nitrogen and oxygen atoms in total. The molecule has 0 aromatic heterocycles. The van der Waals surface area contributed by atoms with Crippen LogP contribution >= 0.6 is 0 Å². The number of carbonyl (C=O) groups is 3. The predicted octanol–water partition coefficient (Wildman–Crippen LogP) is 2.71. The first-order valence-electron chi connectivity index (χ1n) is 20.3. The summed E-state index contributed by atoms with van der Waals surface area (Å²) in [6.45, 7) is 14.3. The first kappa shape index (κ1) is 45.5. The zero-order chi connectivity index (χ0) is 39.7. The maximum atomic E-state index is 12.1. The van der Waals surface area contributed by atoms with Crippen molar-refractivity contribution in [2.45, 2.75) is 120 Å². The van der Waals surface area contributed by atoms with Gasteiger partial charge in [-0.05, 0) is 39.0 Å². The van der Waals surface area contributed by atoms with Crippen LogP contribution in [-0.4, -0.2) is 180 Å². The molecule has 55 heavy (non-hydrogen) atoms. The van der Waals surface area contributed by atoms with Crippen LogP contribution < -0.4 is 0 Å². The Morgan fingerprint density at radius 1 is 0.673 bits per heavy atom. The van der Waals surface area contributed by atoms with E-state index in [1.807, 2.05) is 21.6 Å². The number of carbonyl (C=O) groups excluding carboxylic acids is 3. The van der Waals surface area contributed by atoms with Gasteiger partial charge in [0.25, 0.3) is 0 Å². The number of piperidine rings is 3. The summed E-state index contributed by atoms with van der Waals surface area (Å²) < 4.78 is 43.0. The van der Waals surface area contributed by atoms with Gasteiger partial charge in [-0.25, -0.2) is 0 Å². The van der Waals surface area contributed by atoms with Gasteiger partial charge in [0.05, 0.1) is 82.3 Å². The molecule has 0 radical (unpaired) electrons. The summed E-state index contributed by atoms with van der Waals surface area (Å²) in [5.41, 5.74) is 0.652. The van der Waals surface area contributed by atoms with Gasteiger partial charge in [-0.15, -0.1) is 0 Å². The molecule has 4 atom stereocenters. The first-order chi connectivity index (χ1) is 26.5. The molecule has 6 aliphatic rings. The summed E-state index contributed by atoms with van der Waals surface area (Å²) in [4.78, 5) is 41.4. The molecule has 0 aromatic carbocycles. The van der Waals surface area contributed by atoms with Crippen molar-refractivity contribution in [2.24, 2.45) is 0 Å². The number of hydrogen-bond donors (Lipinski definition) is 1. The summed E-state index contributed by atoms with van der Waals surface area (Å²) in [6, 6.07) is 0. The Morgan fingerprint density at radius 2 is 1.13 bits per heavy atom. The van der Waals surface area contributed by atoms with E-state index in [0.717, 1.165) is 58.0 Å². The number of rotatable bonds is 17. The van der Waals surface area contributed by atoms with E-state index >= 15 is 0 Å². The number of likely N-dealkylation sites (tertiary alicyclic amines) is 3. The van der Waals surface area contributed by atoms with Crippen molar-refractivity contribution in [1.29, 1.82) is 0 Å². The van der Waals surface area contributed by atoms with Crippen LogP contribution in [0, 0.1) is 0 Å². The van der Waals surface area contributed by atoms with Crippen LogP contribution in [0.5, 0.6) is 0 Å². The zero-order valence-corrected chi connectivity index (χ0v) is 34.0. The van der Waals surface area contributed by atoms with Crippen LogP contribution in [0.3, 0.4) is 0 Å². The van der Waals surface area contributed by atoms with E-state index in [0.29, 0.717) is 105 Å². The van der Waals surface area contributed by atoms with Crippen LogP contribution in [0.15, 0.2) is 12.2 Å². The highest BCUT2D eigenvalue weighted by molar-refractivity contribution is 5.77. The van der Waals surface area contributed by atoms with Crippen LogP contribution in [0.1, 0.15) is 84.0 Å². The third-order valence-electron chi connectivity index (χ3n) is 11.1. The lowest BCUT2D eigenvalue weighted by Gasteiger charge is -2.37. The van der Waals surface area contributed by atoms with E-state index in [4.69, 9.17) is 37.9 Å². The molecule has 4 aliphatic heterocycles. The number of methoxy groups -OCH3 is 3. The molecule has 15 heteroatoms. The third-order valence-corrected chi connectivity index (χ3v) is 11.1. The summed E-state index contributed by atoms with van der Waals surface area (Å²) in [6.07, 6.45) is 9.78. The molecular formula is C40H69N3O12. The van der Waals surface area contributed by atoms with E-state index < -0.39 is 11.4 Å². The highest BCUT2D eigenvalue weighted by Gasteiger charge is 2.42. The Bertz CT molecular complexity index is 1170. The summed E-state index contributed by atoms with van der Waals surface area (Å²) in [5, 5.41) is 9.80. The number of hydrogen-bond acceptors (Lipinski definition) is 12. The van der Waals surface area contributed by atoms with Crippen molar-refractivity contribution in [3.63, 3.8) is 0 Å². The van der Waals surface area contributed by atoms with Crippen LogP contribution in [0.4, 0.5) is 0 Å². The molecule has 316 valence electrons. The van der Waals surface area contributed by atoms with Gasteiger partial charge in [0.1, 0.15) is 0 Å². The molecule has 6 fully saturated rings. The highest BCUT2D eigenvalue weighted by atomic mass is 16.7. The van der Waals surface area contributed by atoms with Crippen molar-refractivity contribution < 1.29 is 57.4 Å². The predicted molar refractivity (Wildman–Crippen MR) is 203 cm³/mol. The largest absolute Gasteiger partial charge is 0.390 e. The smallest absolute Gasteiger partial charge is 0.224 e. The number of ether oxygens (including phenoxy) is 8. The summed E-state index contributed by atoms with van der Waals surface area (Å²) in [7, 11) is 5.05. The molecule has 0 bridgehead atoms. The average Bonchev–Trinajstić information content (AvgIpc) is 4.09. The fraction of sp³-hybridized carbons (Fsp3) is 0.875. The molecule has 4 saturated heterocycles. The van der Waals surface area contributed by atoms with Crippen molar-refractivity contribution in [1.82, 2.24) is 14.7 Å². The zero-order valence-electron chi connectivity index (χ0n) is 34.0. The number of amides is 3. The molecule has 1 spiro atoms. The Kier molecular flexibility index (Phi) is 19.2. The molecule has 4 heterocycles. The van der Waals surface area contributed by atoms with Crippen molar-refractivity contribution in [3.05, 3.63) is 12.2 Å². The van der Waals surface area contributed by atoms with E-state index in [1.54, 1.807) is 21.3 Å². The Labute approximate surface area is 328 Å². The SMILES string of the molecule is C=C1CCN(C(=O)CCOC2CC2OC)CC1.COC1CC1OCCC(=O)N1CCC2(CC1)OCCO2.COCCCOCCC(=O)N1CCC(C)(O)CC1.